The van der Waals surface area contributed by atoms with Gasteiger partial charge in [0.1, 0.15) is 12.1 Å². The number of hydrogen-bond acceptors (Lipinski definition) is 6. The summed E-state index contributed by atoms with van der Waals surface area (Å²) in [5.74, 6) is -2.21. The molecule has 32 heavy (non-hydrogen) atoms. The maximum atomic E-state index is 12.7. The van der Waals surface area contributed by atoms with Crippen LogP contribution in [0.5, 0.6) is 0 Å². The van der Waals surface area contributed by atoms with E-state index in [1.165, 1.54) is 18.2 Å². The largest absolute Gasteiger partial charge is 0.480 e. The summed E-state index contributed by atoms with van der Waals surface area (Å²) in [5.41, 5.74) is 0.748. The predicted molar refractivity (Wildman–Crippen MR) is 122 cm³/mol. The van der Waals surface area contributed by atoms with Gasteiger partial charge in [0.25, 0.3) is 5.69 Å². The first kappa shape index (κ1) is 25.2. The number of carboxylic acid groups (broad SMARTS) is 1. The number of carbonyl (C=O) groups excluding carboxylic acids is 2. The van der Waals surface area contributed by atoms with Crippen LogP contribution in [0, 0.1) is 10.1 Å². The zero-order chi connectivity index (χ0) is 23.7. The maximum Gasteiger partial charge on any atom is 0.326 e. The van der Waals surface area contributed by atoms with Gasteiger partial charge < -0.3 is 15.7 Å². The molecule has 0 radical (unpaired) electrons. The number of aliphatic carboxylic acids is 1. The van der Waals surface area contributed by atoms with Crippen molar-refractivity contribution in [1.82, 2.24) is 10.6 Å². The molecule has 0 bridgehead atoms. The van der Waals surface area contributed by atoms with Crippen LogP contribution in [-0.4, -0.2) is 45.7 Å². The second-order valence-corrected chi connectivity index (χ2v) is 7.79. The summed E-state index contributed by atoms with van der Waals surface area (Å²) in [5, 5.41) is 25.6. The monoisotopic (exact) mass is 479 g/mol. The summed E-state index contributed by atoms with van der Waals surface area (Å²) in [4.78, 5) is 47.1. The third-order valence-corrected chi connectivity index (χ3v) is 5.18. The molecule has 1 unspecified atom stereocenters. The summed E-state index contributed by atoms with van der Waals surface area (Å²) >= 11 is 10.1. The second-order valence-electron chi connectivity index (χ2n) is 6.93. The zero-order valence-electron chi connectivity index (χ0n) is 16.9. The van der Waals surface area contributed by atoms with Crippen molar-refractivity contribution in [3.8, 4) is 0 Å². The number of carbonyl (C=O) groups is 3. The van der Waals surface area contributed by atoms with Crippen molar-refractivity contribution in [2.45, 2.75) is 31.3 Å². The minimum atomic E-state index is -1.21. The van der Waals surface area contributed by atoms with Gasteiger partial charge in [-0.2, -0.15) is 12.6 Å². The first-order valence-corrected chi connectivity index (χ1v) is 10.6. The van der Waals surface area contributed by atoms with E-state index >= 15 is 0 Å². The normalized spacial score (nSPS) is 12.4. The number of halogens is 1. The third-order valence-electron chi connectivity index (χ3n) is 4.56. The molecule has 3 N–H and O–H groups in total. The van der Waals surface area contributed by atoms with Crippen molar-refractivity contribution in [3.05, 3.63) is 74.8 Å². The van der Waals surface area contributed by atoms with Crippen molar-refractivity contribution in [3.63, 3.8) is 0 Å². The molecule has 0 saturated heterocycles. The first-order chi connectivity index (χ1) is 15.2. The number of nitrogens with zero attached hydrogens (tertiary/aromatic N) is 1. The Balaban J connectivity index is 2.07. The molecule has 0 aliphatic rings. The number of nitro groups is 1. The van der Waals surface area contributed by atoms with Gasteiger partial charge in [0.05, 0.1) is 11.3 Å². The smallest absolute Gasteiger partial charge is 0.326 e. The fourth-order valence-corrected chi connectivity index (χ4v) is 3.39. The maximum absolute atomic E-state index is 12.7. The third kappa shape index (κ3) is 7.54. The Morgan fingerprint density at radius 2 is 1.78 bits per heavy atom. The molecule has 0 aliphatic heterocycles. The summed E-state index contributed by atoms with van der Waals surface area (Å²) in [7, 11) is 0. The van der Waals surface area contributed by atoms with Crippen LogP contribution in [0.3, 0.4) is 0 Å². The van der Waals surface area contributed by atoms with E-state index in [1.54, 1.807) is 30.3 Å². The molecule has 170 valence electrons. The van der Waals surface area contributed by atoms with Gasteiger partial charge in [-0.3, -0.25) is 19.7 Å². The van der Waals surface area contributed by atoms with Crippen molar-refractivity contribution >= 4 is 47.7 Å². The minimum absolute atomic E-state index is 0.0761. The van der Waals surface area contributed by atoms with Crippen LogP contribution in [0.25, 0.3) is 0 Å². The number of nitro benzene ring substituents is 1. The van der Waals surface area contributed by atoms with Crippen molar-refractivity contribution in [2.75, 3.05) is 5.75 Å². The Hall–Kier alpha value is -3.11. The van der Waals surface area contributed by atoms with E-state index in [1.807, 2.05) is 0 Å². The van der Waals surface area contributed by atoms with Gasteiger partial charge in [0.2, 0.25) is 11.8 Å². The van der Waals surface area contributed by atoms with Crippen LogP contribution < -0.4 is 10.6 Å². The molecule has 0 saturated carbocycles. The topological polar surface area (TPSA) is 139 Å². The van der Waals surface area contributed by atoms with E-state index in [9.17, 15) is 29.6 Å². The van der Waals surface area contributed by atoms with Crippen molar-refractivity contribution in [1.29, 1.82) is 0 Å². The van der Waals surface area contributed by atoms with Gasteiger partial charge in [-0.25, -0.2) is 4.79 Å². The molecule has 9 nitrogen and oxygen atoms in total. The lowest BCUT2D eigenvalue weighted by molar-refractivity contribution is -0.384. The first-order valence-electron chi connectivity index (χ1n) is 9.61. The average molecular weight is 480 g/mol. The van der Waals surface area contributed by atoms with E-state index in [4.69, 9.17) is 11.6 Å². The zero-order valence-corrected chi connectivity index (χ0v) is 18.5. The lowest BCUT2D eigenvalue weighted by atomic mass is 10.0. The molecular formula is C21H22ClN3O6S. The van der Waals surface area contributed by atoms with Gasteiger partial charge in [-0.15, -0.1) is 0 Å². The molecule has 0 fully saturated rings. The number of hydrogen-bond donors (Lipinski definition) is 4. The fraction of sp³-hybridized carbons (Fsp3) is 0.286. The Morgan fingerprint density at radius 3 is 2.38 bits per heavy atom. The standard InChI is InChI=1S/C21H22ClN3O6S/c22-16-7-6-15(25(30)31)11-14(16)12-19(26)23-17(8-9-32)20(27)24-18(21(28)29)10-13-4-2-1-3-5-13/h1-7,11,17-18,32H,8-10,12H2,(H,23,26)(H,24,27)(H,28,29)/t17?,18-/m1/s1. The van der Waals surface area contributed by atoms with E-state index in [0.29, 0.717) is 0 Å². The van der Waals surface area contributed by atoms with Gasteiger partial charge >= 0.3 is 5.97 Å². The van der Waals surface area contributed by atoms with Crippen LogP contribution in [0.4, 0.5) is 5.69 Å². The van der Waals surface area contributed by atoms with Crippen LogP contribution in [0.2, 0.25) is 5.02 Å². The Bertz CT molecular complexity index is 989. The molecule has 2 aromatic carbocycles. The SMILES string of the molecule is O=C(Cc1cc([N+](=O)[O-])ccc1Cl)NC(CCS)C(=O)N[C@H](Cc1ccccc1)C(=O)O. The Kier molecular flexibility index (Phi) is 9.48. The molecule has 0 aliphatic carbocycles. The van der Waals surface area contributed by atoms with Gasteiger partial charge in [0.15, 0.2) is 0 Å². The highest BCUT2D eigenvalue weighted by molar-refractivity contribution is 7.80. The number of carboxylic acids is 1. The molecule has 0 heterocycles. The van der Waals surface area contributed by atoms with Crippen LogP contribution >= 0.6 is 24.2 Å². The molecule has 2 atom stereocenters. The predicted octanol–water partition coefficient (Wildman–Crippen LogP) is 2.41. The molecular weight excluding hydrogens is 458 g/mol. The number of non-ortho nitro benzene ring substituents is 1. The van der Waals surface area contributed by atoms with Crippen LogP contribution in [0.1, 0.15) is 17.5 Å². The Morgan fingerprint density at radius 1 is 1.09 bits per heavy atom. The Labute approximate surface area is 194 Å². The number of rotatable bonds is 11. The van der Waals surface area contributed by atoms with Crippen molar-refractivity contribution < 1.29 is 24.4 Å². The number of thiol groups is 1. The van der Waals surface area contributed by atoms with Gasteiger partial charge in [-0.05, 0) is 29.4 Å². The summed E-state index contributed by atoms with van der Waals surface area (Å²) in [6.45, 7) is 0. The summed E-state index contributed by atoms with van der Waals surface area (Å²) in [6.07, 6.45) is -0.0585. The highest BCUT2D eigenvalue weighted by Crippen LogP contribution is 2.22. The number of amides is 2. The number of benzene rings is 2. The summed E-state index contributed by atoms with van der Waals surface area (Å²) in [6, 6.07) is 10.3. The average Bonchev–Trinajstić information content (AvgIpc) is 2.75. The minimum Gasteiger partial charge on any atom is -0.480 e. The van der Waals surface area contributed by atoms with E-state index in [2.05, 4.69) is 23.3 Å². The van der Waals surface area contributed by atoms with E-state index < -0.39 is 34.8 Å². The van der Waals surface area contributed by atoms with Crippen molar-refractivity contribution in [2.24, 2.45) is 0 Å². The molecule has 2 aromatic rings. The molecule has 2 amide bonds. The molecule has 2 rings (SSSR count). The van der Waals surface area contributed by atoms with E-state index in [0.717, 1.165) is 5.56 Å². The van der Waals surface area contributed by atoms with Gasteiger partial charge in [0, 0.05) is 23.6 Å². The molecule has 0 aromatic heterocycles. The fourth-order valence-electron chi connectivity index (χ4n) is 2.95. The lowest BCUT2D eigenvalue weighted by Gasteiger charge is -2.21. The van der Waals surface area contributed by atoms with Gasteiger partial charge in [-0.1, -0.05) is 41.9 Å². The summed E-state index contributed by atoms with van der Waals surface area (Å²) < 4.78 is 0. The quantitative estimate of drug-likeness (QED) is 0.222. The highest BCUT2D eigenvalue weighted by atomic mass is 35.5. The second kappa shape index (κ2) is 12.1. The number of nitrogens with one attached hydrogen (secondary N) is 2. The molecule has 0 spiro atoms. The van der Waals surface area contributed by atoms with E-state index in [-0.39, 0.29) is 41.3 Å². The lowest BCUT2D eigenvalue weighted by Crippen LogP contribution is -2.52. The van der Waals surface area contributed by atoms with Crippen LogP contribution in [0.15, 0.2) is 48.5 Å². The highest BCUT2D eigenvalue weighted by Gasteiger charge is 2.26. The molecule has 11 heteroatoms. The van der Waals surface area contributed by atoms with Crippen LogP contribution in [-0.2, 0) is 27.2 Å².